The minimum Gasteiger partial charge on any atom is -0.394 e. The molecule has 4 atom stereocenters. The molecule has 2 fully saturated rings. The van der Waals surface area contributed by atoms with E-state index in [2.05, 4.69) is 5.32 Å². The Bertz CT molecular complexity index is 636. The third kappa shape index (κ3) is 4.23. The molecular formula is C19H26N2O5. The minimum absolute atomic E-state index is 0.153. The van der Waals surface area contributed by atoms with Crippen molar-refractivity contribution in [2.24, 2.45) is 5.92 Å². The second-order valence-electron chi connectivity index (χ2n) is 7.26. The van der Waals surface area contributed by atoms with Crippen molar-refractivity contribution < 1.29 is 24.2 Å². The molecule has 2 amide bonds. The Morgan fingerprint density at radius 2 is 2.04 bits per heavy atom. The Hall–Kier alpha value is -1.96. The average Bonchev–Trinajstić information content (AvgIpc) is 2.99. The monoisotopic (exact) mass is 362 g/mol. The number of carbonyl (C=O) groups is 2. The maximum absolute atomic E-state index is 12.7. The van der Waals surface area contributed by atoms with E-state index in [9.17, 15) is 14.7 Å². The average molecular weight is 362 g/mol. The van der Waals surface area contributed by atoms with Gasteiger partial charge in [-0.3, -0.25) is 9.59 Å². The number of amides is 2. The van der Waals surface area contributed by atoms with Crippen molar-refractivity contribution in [3.63, 3.8) is 0 Å². The SMILES string of the molecule is CC(C)C[C@@H](CO)NC(=O)C1O[C@H]2CN(Cc3ccccc3)C(=O)[C@@H]1O2. The van der Waals surface area contributed by atoms with Gasteiger partial charge < -0.3 is 24.8 Å². The lowest BCUT2D eigenvalue weighted by Gasteiger charge is -2.30. The third-order valence-electron chi connectivity index (χ3n) is 4.59. The van der Waals surface area contributed by atoms with Crippen molar-refractivity contribution in [1.82, 2.24) is 10.2 Å². The predicted molar refractivity (Wildman–Crippen MR) is 93.9 cm³/mol. The van der Waals surface area contributed by atoms with Crippen molar-refractivity contribution in [1.29, 1.82) is 0 Å². The van der Waals surface area contributed by atoms with Crippen molar-refractivity contribution in [2.75, 3.05) is 13.2 Å². The Morgan fingerprint density at radius 3 is 2.69 bits per heavy atom. The molecule has 0 radical (unpaired) electrons. The van der Waals surface area contributed by atoms with Gasteiger partial charge in [0.1, 0.15) is 0 Å². The number of aliphatic hydroxyl groups excluding tert-OH is 1. The third-order valence-corrected chi connectivity index (χ3v) is 4.59. The molecule has 2 bridgehead atoms. The van der Waals surface area contributed by atoms with Gasteiger partial charge in [-0.15, -0.1) is 0 Å². The number of rotatable bonds is 7. The van der Waals surface area contributed by atoms with Gasteiger partial charge in [0.25, 0.3) is 11.8 Å². The molecule has 142 valence electrons. The zero-order valence-electron chi connectivity index (χ0n) is 15.1. The lowest BCUT2D eigenvalue weighted by molar-refractivity contribution is -0.162. The van der Waals surface area contributed by atoms with E-state index in [-0.39, 0.29) is 18.6 Å². The van der Waals surface area contributed by atoms with Gasteiger partial charge in [-0.05, 0) is 17.9 Å². The number of aliphatic hydroxyl groups is 1. The normalized spacial score (nSPS) is 26.2. The molecular weight excluding hydrogens is 336 g/mol. The molecule has 7 nitrogen and oxygen atoms in total. The van der Waals surface area contributed by atoms with Crippen LogP contribution >= 0.6 is 0 Å². The van der Waals surface area contributed by atoms with Crippen LogP contribution in [-0.2, 0) is 25.6 Å². The number of ether oxygens (including phenoxy) is 2. The Morgan fingerprint density at radius 1 is 1.31 bits per heavy atom. The summed E-state index contributed by atoms with van der Waals surface area (Å²) in [7, 11) is 0. The van der Waals surface area contributed by atoms with E-state index >= 15 is 0 Å². The minimum atomic E-state index is -0.977. The summed E-state index contributed by atoms with van der Waals surface area (Å²) in [4.78, 5) is 26.9. The topological polar surface area (TPSA) is 88.1 Å². The van der Waals surface area contributed by atoms with Crippen LogP contribution in [0.5, 0.6) is 0 Å². The van der Waals surface area contributed by atoms with Crippen LogP contribution in [-0.4, -0.2) is 59.5 Å². The van der Waals surface area contributed by atoms with Crippen LogP contribution < -0.4 is 5.32 Å². The Labute approximate surface area is 153 Å². The summed E-state index contributed by atoms with van der Waals surface area (Å²) >= 11 is 0. The van der Waals surface area contributed by atoms with Gasteiger partial charge >= 0.3 is 0 Å². The van der Waals surface area contributed by atoms with E-state index in [1.54, 1.807) is 4.90 Å². The smallest absolute Gasteiger partial charge is 0.255 e. The lowest BCUT2D eigenvalue weighted by atomic mass is 10.0. The fourth-order valence-electron chi connectivity index (χ4n) is 3.40. The van der Waals surface area contributed by atoms with Crippen LogP contribution in [0.1, 0.15) is 25.8 Å². The van der Waals surface area contributed by atoms with Gasteiger partial charge in [0.05, 0.1) is 19.2 Å². The van der Waals surface area contributed by atoms with Crippen LogP contribution in [0.3, 0.4) is 0 Å². The van der Waals surface area contributed by atoms with Gasteiger partial charge in [0.15, 0.2) is 18.5 Å². The van der Waals surface area contributed by atoms with Crippen LogP contribution in [0.2, 0.25) is 0 Å². The first kappa shape index (κ1) is 18.8. The number of fused-ring (bicyclic) bond motifs is 2. The molecule has 2 N–H and O–H groups in total. The maximum Gasteiger partial charge on any atom is 0.255 e. The van der Waals surface area contributed by atoms with Crippen molar-refractivity contribution >= 4 is 11.8 Å². The number of benzene rings is 1. The van der Waals surface area contributed by atoms with E-state index < -0.39 is 24.4 Å². The number of morpholine rings is 1. The second kappa shape index (κ2) is 8.16. The van der Waals surface area contributed by atoms with Crippen LogP contribution in [0.4, 0.5) is 0 Å². The number of nitrogens with zero attached hydrogens (tertiary/aromatic N) is 1. The summed E-state index contributed by atoms with van der Waals surface area (Å²) in [5, 5.41) is 12.2. The Balaban J connectivity index is 1.63. The highest BCUT2D eigenvalue weighted by molar-refractivity contribution is 5.92. The van der Waals surface area contributed by atoms with Gasteiger partial charge in [-0.25, -0.2) is 0 Å². The molecule has 1 aromatic rings. The van der Waals surface area contributed by atoms with E-state index in [0.717, 1.165) is 5.56 Å². The van der Waals surface area contributed by atoms with Crippen molar-refractivity contribution in [3.8, 4) is 0 Å². The summed E-state index contributed by atoms with van der Waals surface area (Å²) in [6, 6.07) is 9.31. The van der Waals surface area contributed by atoms with Crippen molar-refractivity contribution in [2.45, 2.75) is 51.4 Å². The van der Waals surface area contributed by atoms with Crippen molar-refractivity contribution in [3.05, 3.63) is 35.9 Å². The number of carbonyl (C=O) groups excluding carboxylic acids is 2. The zero-order valence-corrected chi connectivity index (χ0v) is 15.1. The summed E-state index contributed by atoms with van der Waals surface area (Å²) in [6.45, 7) is 4.63. The summed E-state index contributed by atoms with van der Waals surface area (Å²) in [5.74, 6) is -0.324. The van der Waals surface area contributed by atoms with Gasteiger partial charge in [0, 0.05) is 6.54 Å². The first-order valence-electron chi connectivity index (χ1n) is 9.02. The van der Waals surface area contributed by atoms with E-state index in [4.69, 9.17) is 9.47 Å². The molecule has 2 heterocycles. The van der Waals surface area contributed by atoms with Gasteiger partial charge in [0.2, 0.25) is 0 Å². The largest absolute Gasteiger partial charge is 0.394 e. The van der Waals surface area contributed by atoms with Crippen LogP contribution in [0, 0.1) is 5.92 Å². The fraction of sp³-hybridized carbons (Fsp3) is 0.579. The Kier molecular flexibility index (Phi) is 5.90. The summed E-state index contributed by atoms with van der Waals surface area (Å²) in [5.41, 5.74) is 1.01. The molecule has 1 unspecified atom stereocenters. The molecule has 0 saturated carbocycles. The highest BCUT2D eigenvalue weighted by Crippen LogP contribution is 2.28. The fourth-order valence-corrected chi connectivity index (χ4v) is 3.40. The van der Waals surface area contributed by atoms with Crippen LogP contribution in [0.25, 0.3) is 0 Å². The molecule has 2 saturated heterocycles. The second-order valence-corrected chi connectivity index (χ2v) is 7.26. The zero-order chi connectivity index (χ0) is 18.7. The molecule has 2 aliphatic heterocycles. The number of nitrogens with one attached hydrogen (secondary N) is 1. The molecule has 1 aromatic carbocycles. The molecule has 2 aliphatic rings. The van der Waals surface area contributed by atoms with E-state index in [1.165, 1.54) is 0 Å². The first-order chi connectivity index (χ1) is 12.5. The first-order valence-corrected chi connectivity index (χ1v) is 9.02. The highest BCUT2D eigenvalue weighted by atomic mass is 16.7. The molecule has 0 aliphatic carbocycles. The van der Waals surface area contributed by atoms with Crippen LogP contribution in [0.15, 0.2) is 30.3 Å². The molecule has 0 spiro atoms. The molecule has 3 rings (SSSR count). The lowest BCUT2D eigenvalue weighted by Crippen LogP contribution is -2.52. The summed E-state index contributed by atoms with van der Waals surface area (Å²) in [6.07, 6.45) is -1.86. The molecule has 26 heavy (non-hydrogen) atoms. The highest BCUT2D eigenvalue weighted by Gasteiger charge is 2.51. The maximum atomic E-state index is 12.7. The molecule has 7 heteroatoms. The van der Waals surface area contributed by atoms with E-state index in [1.807, 2.05) is 44.2 Å². The predicted octanol–water partition coefficient (Wildman–Crippen LogP) is 0.662. The standard InChI is InChI=1S/C19H26N2O5/c1-12(2)8-14(11-22)20-18(23)16-17-19(24)21(10-15(25-16)26-17)9-13-6-4-3-5-7-13/h3-7,12,14-17,22H,8-11H2,1-2H3,(H,20,23)/t14-,15+,16?,17+/m0/s1. The quantitative estimate of drug-likeness (QED) is 0.744. The number of hydrogen-bond acceptors (Lipinski definition) is 5. The number of hydrogen-bond donors (Lipinski definition) is 2. The van der Waals surface area contributed by atoms with E-state index in [0.29, 0.717) is 25.4 Å². The van der Waals surface area contributed by atoms with Gasteiger partial charge in [-0.2, -0.15) is 0 Å². The van der Waals surface area contributed by atoms with Gasteiger partial charge in [-0.1, -0.05) is 44.2 Å². The summed E-state index contributed by atoms with van der Waals surface area (Å²) < 4.78 is 11.2. The molecule has 0 aromatic heterocycles.